The van der Waals surface area contributed by atoms with Gasteiger partial charge in [-0.15, -0.1) is 12.4 Å². The predicted molar refractivity (Wildman–Crippen MR) is 118 cm³/mol. The molecule has 1 aliphatic heterocycles. The van der Waals surface area contributed by atoms with Crippen LogP contribution in [0.2, 0.25) is 0 Å². The van der Waals surface area contributed by atoms with Crippen LogP contribution < -0.4 is 11.1 Å². The summed E-state index contributed by atoms with van der Waals surface area (Å²) in [7, 11) is 0. The minimum Gasteiger partial charge on any atom is -0.354 e. The maximum absolute atomic E-state index is 12.5. The van der Waals surface area contributed by atoms with E-state index in [1.54, 1.807) is 4.90 Å². The van der Waals surface area contributed by atoms with Gasteiger partial charge in [0.1, 0.15) is 0 Å². The summed E-state index contributed by atoms with van der Waals surface area (Å²) in [6, 6.07) is 17.8. The van der Waals surface area contributed by atoms with Gasteiger partial charge in [-0.2, -0.15) is 0 Å². The van der Waals surface area contributed by atoms with Crippen molar-refractivity contribution < 1.29 is 9.59 Å². The van der Waals surface area contributed by atoms with Crippen LogP contribution in [0.25, 0.3) is 0 Å². The van der Waals surface area contributed by atoms with Crippen LogP contribution in [0.4, 0.5) is 0 Å². The van der Waals surface area contributed by atoms with Crippen molar-refractivity contribution in [1.29, 1.82) is 0 Å². The molecule has 1 aliphatic rings. The van der Waals surface area contributed by atoms with Crippen molar-refractivity contribution in [1.82, 2.24) is 10.2 Å². The summed E-state index contributed by atoms with van der Waals surface area (Å²) < 4.78 is 0. The Bertz CT molecular complexity index is 809. The van der Waals surface area contributed by atoms with Gasteiger partial charge in [0, 0.05) is 32.1 Å². The van der Waals surface area contributed by atoms with E-state index in [2.05, 4.69) is 31.3 Å². The number of carbonyl (C=O) groups is 2. The summed E-state index contributed by atoms with van der Waals surface area (Å²) >= 11 is 0. The molecule has 2 aromatic carbocycles. The summed E-state index contributed by atoms with van der Waals surface area (Å²) in [6.45, 7) is 5.67. The Balaban J connectivity index is 0.00000300. The van der Waals surface area contributed by atoms with E-state index in [0.717, 1.165) is 11.1 Å². The van der Waals surface area contributed by atoms with Gasteiger partial charge in [0.05, 0.1) is 5.92 Å². The van der Waals surface area contributed by atoms with Crippen LogP contribution in [0.15, 0.2) is 54.6 Å². The third-order valence-electron chi connectivity index (χ3n) is 5.33. The van der Waals surface area contributed by atoms with E-state index in [1.165, 1.54) is 5.56 Å². The first-order chi connectivity index (χ1) is 13.4. The number of nitrogens with zero attached hydrogens (tertiary/aromatic N) is 1. The van der Waals surface area contributed by atoms with Crippen molar-refractivity contribution in [3.05, 3.63) is 71.3 Å². The van der Waals surface area contributed by atoms with Crippen LogP contribution in [-0.4, -0.2) is 29.8 Å². The van der Waals surface area contributed by atoms with Gasteiger partial charge in [0.25, 0.3) is 0 Å². The Kier molecular flexibility index (Phi) is 8.23. The van der Waals surface area contributed by atoms with E-state index in [-0.39, 0.29) is 42.6 Å². The van der Waals surface area contributed by atoms with E-state index in [9.17, 15) is 9.59 Å². The molecule has 0 aliphatic carbocycles. The molecule has 0 bridgehead atoms. The second-order valence-electron chi connectivity index (χ2n) is 7.83. The fourth-order valence-electron chi connectivity index (χ4n) is 3.51. The molecule has 2 atom stereocenters. The quantitative estimate of drug-likeness (QED) is 0.727. The second-order valence-corrected chi connectivity index (χ2v) is 7.83. The van der Waals surface area contributed by atoms with E-state index < -0.39 is 0 Å². The number of rotatable bonds is 7. The Morgan fingerprint density at radius 3 is 2.34 bits per heavy atom. The monoisotopic (exact) mass is 415 g/mol. The summed E-state index contributed by atoms with van der Waals surface area (Å²) in [5.41, 5.74) is 9.57. The zero-order valence-electron chi connectivity index (χ0n) is 17.0. The highest BCUT2D eigenvalue weighted by Crippen LogP contribution is 2.21. The van der Waals surface area contributed by atoms with Crippen molar-refractivity contribution in [2.45, 2.75) is 38.8 Å². The molecule has 0 aromatic heterocycles. The first-order valence-electron chi connectivity index (χ1n) is 9.89. The molecule has 5 nitrogen and oxygen atoms in total. The number of carbonyl (C=O) groups excluding carboxylic acids is 2. The smallest absolute Gasteiger partial charge is 0.225 e. The third-order valence-corrected chi connectivity index (χ3v) is 5.33. The predicted octanol–water partition coefficient (Wildman–Crippen LogP) is 3.40. The molecule has 6 heteroatoms. The Morgan fingerprint density at radius 1 is 1.10 bits per heavy atom. The number of nitrogens with one attached hydrogen (secondary N) is 1. The summed E-state index contributed by atoms with van der Waals surface area (Å²) in [6.07, 6.45) is 0.261. The molecular formula is C23H30ClN3O2. The topological polar surface area (TPSA) is 75.4 Å². The maximum atomic E-state index is 12.5. The van der Waals surface area contributed by atoms with E-state index >= 15 is 0 Å². The highest BCUT2D eigenvalue weighted by Gasteiger charge is 2.34. The lowest BCUT2D eigenvalue weighted by Gasteiger charge is -2.18. The lowest BCUT2D eigenvalue weighted by Crippen LogP contribution is -2.37. The average molecular weight is 416 g/mol. The summed E-state index contributed by atoms with van der Waals surface area (Å²) in [5, 5.41) is 2.92. The molecule has 0 saturated carbocycles. The van der Waals surface area contributed by atoms with Crippen molar-refractivity contribution >= 4 is 24.2 Å². The maximum Gasteiger partial charge on any atom is 0.225 e. The lowest BCUT2D eigenvalue weighted by molar-refractivity contribution is -0.129. The fourth-order valence-corrected chi connectivity index (χ4v) is 3.51. The number of benzene rings is 2. The molecule has 2 aromatic rings. The number of nitrogens with two attached hydrogens (primary N) is 1. The molecular weight excluding hydrogens is 386 g/mol. The van der Waals surface area contributed by atoms with Gasteiger partial charge in [0.15, 0.2) is 0 Å². The van der Waals surface area contributed by atoms with Crippen LogP contribution in [0.1, 0.15) is 48.9 Å². The molecule has 1 heterocycles. The molecule has 0 spiro atoms. The molecule has 156 valence electrons. The average Bonchev–Trinajstić information content (AvgIpc) is 3.07. The summed E-state index contributed by atoms with van der Waals surface area (Å²) in [5.74, 6) is 0.0891. The van der Waals surface area contributed by atoms with E-state index in [0.29, 0.717) is 25.6 Å². The lowest BCUT2D eigenvalue weighted by atomic mass is 9.99. The zero-order valence-corrected chi connectivity index (χ0v) is 17.8. The standard InChI is InChI=1S/C23H29N3O2.ClH/c1-16(2)18-8-10-19(11-9-18)21(24)13-25-23(28)20-12-22(27)26(15-20)14-17-6-4-3-5-7-17;/h3-11,16,20-21H,12-15,24H2,1-2H3,(H,25,28);1H. The van der Waals surface area contributed by atoms with Gasteiger partial charge in [-0.1, -0.05) is 68.4 Å². The molecule has 2 amide bonds. The minimum absolute atomic E-state index is 0. The molecule has 3 rings (SSSR count). The van der Waals surface area contributed by atoms with Gasteiger partial charge in [0.2, 0.25) is 11.8 Å². The molecule has 1 saturated heterocycles. The minimum atomic E-state index is -0.313. The number of amides is 2. The fraction of sp³-hybridized carbons (Fsp3) is 0.391. The molecule has 1 fully saturated rings. The van der Waals surface area contributed by atoms with E-state index in [1.807, 2.05) is 42.5 Å². The first kappa shape index (κ1) is 22.9. The third kappa shape index (κ3) is 6.05. The van der Waals surface area contributed by atoms with Crippen LogP contribution >= 0.6 is 12.4 Å². The largest absolute Gasteiger partial charge is 0.354 e. The van der Waals surface area contributed by atoms with Crippen LogP contribution in [-0.2, 0) is 16.1 Å². The number of hydrogen-bond donors (Lipinski definition) is 2. The molecule has 2 unspecified atom stereocenters. The highest BCUT2D eigenvalue weighted by molar-refractivity contribution is 5.89. The Hall–Kier alpha value is -2.37. The van der Waals surface area contributed by atoms with Gasteiger partial charge in [-0.3, -0.25) is 9.59 Å². The molecule has 3 N–H and O–H groups in total. The second kappa shape index (κ2) is 10.4. The van der Waals surface area contributed by atoms with Crippen molar-refractivity contribution in [3.63, 3.8) is 0 Å². The van der Waals surface area contributed by atoms with Crippen molar-refractivity contribution in [3.8, 4) is 0 Å². The number of hydrogen-bond acceptors (Lipinski definition) is 3. The summed E-state index contributed by atoms with van der Waals surface area (Å²) in [4.78, 5) is 26.5. The number of halogens is 1. The van der Waals surface area contributed by atoms with Crippen LogP contribution in [0, 0.1) is 5.92 Å². The normalized spacial score (nSPS) is 17.2. The number of likely N-dealkylation sites (tertiary alicyclic amines) is 1. The SMILES string of the molecule is CC(C)c1ccc(C(N)CNC(=O)C2CC(=O)N(Cc3ccccc3)C2)cc1.Cl. The van der Waals surface area contributed by atoms with Gasteiger partial charge in [-0.25, -0.2) is 0 Å². The zero-order chi connectivity index (χ0) is 20.1. The Morgan fingerprint density at radius 2 is 1.72 bits per heavy atom. The molecule has 29 heavy (non-hydrogen) atoms. The van der Waals surface area contributed by atoms with Crippen LogP contribution in [0.5, 0.6) is 0 Å². The van der Waals surface area contributed by atoms with Crippen molar-refractivity contribution in [2.24, 2.45) is 11.7 Å². The Labute approximate surface area is 179 Å². The first-order valence-corrected chi connectivity index (χ1v) is 9.89. The van der Waals surface area contributed by atoms with Crippen molar-refractivity contribution in [2.75, 3.05) is 13.1 Å². The van der Waals surface area contributed by atoms with Gasteiger partial charge < -0.3 is 16.0 Å². The molecule has 0 radical (unpaired) electrons. The highest BCUT2D eigenvalue weighted by atomic mass is 35.5. The van der Waals surface area contributed by atoms with E-state index in [4.69, 9.17) is 5.73 Å². The van der Waals surface area contributed by atoms with Crippen LogP contribution in [0.3, 0.4) is 0 Å². The van der Waals surface area contributed by atoms with Gasteiger partial charge in [-0.05, 0) is 22.6 Å². The van der Waals surface area contributed by atoms with Gasteiger partial charge >= 0.3 is 0 Å².